The lowest BCUT2D eigenvalue weighted by Crippen LogP contribution is -2.26. The van der Waals surface area contributed by atoms with Gasteiger partial charge in [-0.2, -0.15) is 0 Å². The number of pyridine rings is 1. The van der Waals surface area contributed by atoms with Gasteiger partial charge in [-0.15, -0.1) is 0 Å². The Hall–Kier alpha value is -3.03. The van der Waals surface area contributed by atoms with Crippen LogP contribution < -0.4 is 10.1 Å². The molecule has 25 heavy (non-hydrogen) atoms. The van der Waals surface area contributed by atoms with Crippen LogP contribution in [0.3, 0.4) is 0 Å². The Labute approximate surface area is 142 Å². The van der Waals surface area contributed by atoms with Gasteiger partial charge in [0.25, 0.3) is 12.3 Å². The number of amides is 1. The minimum atomic E-state index is -2.63. The molecule has 0 saturated heterocycles. The van der Waals surface area contributed by atoms with Gasteiger partial charge in [-0.25, -0.2) is 18.6 Å². The van der Waals surface area contributed by atoms with Crippen molar-refractivity contribution in [3.63, 3.8) is 0 Å². The normalized spacial score (nSPS) is 11.8. The summed E-state index contributed by atoms with van der Waals surface area (Å²) in [6, 6.07) is 8.44. The lowest BCUT2D eigenvalue weighted by molar-refractivity contribution is 0.0696. The van der Waals surface area contributed by atoms with E-state index in [4.69, 9.17) is 9.84 Å². The number of aromatic nitrogens is 1. The fourth-order valence-corrected chi connectivity index (χ4v) is 2.06. The van der Waals surface area contributed by atoms with Crippen LogP contribution in [-0.2, 0) is 0 Å². The first-order chi connectivity index (χ1) is 11.9. The number of carboxylic acids is 1. The van der Waals surface area contributed by atoms with Crippen LogP contribution in [0.15, 0.2) is 42.6 Å². The number of nitrogens with zero attached hydrogens (tertiary/aromatic N) is 1. The number of halogens is 2. The van der Waals surface area contributed by atoms with Crippen LogP contribution in [0.2, 0.25) is 0 Å². The number of hydrogen-bond donors (Lipinski definition) is 2. The number of rotatable bonds is 7. The topological polar surface area (TPSA) is 88.5 Å². The summed E-state index contributed by atoms with van der Waals surface area (Å²) >= 11 is 0. The van der Waals surface area contributed by atoms with E-state index in [2.05, 4.69) is 10.3 Å². The first-order valence-corrected chi connectivity index (χ1v) is 7.38. The number of aromatic carboxylic acids is 1. The van der Waals surface area contributed by atoms with Crippen LogP contribution >= 0.6 is 0 Å². The van der Waals surface area contributed by atoms with Crippen molar-refractivity contribution in [3.8, 4) is 5.88 Å². The average Bonchev–Trinajstić information content (AvgIpc) is 2.60. The van der Waals surface area contributed by atoms with Crippen molar-refractivity contribution in [2.24, 2.45) is 0 Å². The van der Waals surface area contributed by atoms with E-state index < -0.39 is 24.9 Å². The van der Waals surface area contributed by atoms with E-state index in [1.165, 1.54) is 30.5 Å². The second kappa shape index (κ2) is 8.18. The fourth-order valence-electron chi connectivity index (χ4n) is 2.06. The second-order valence-corrected chi connectivity index (χ2v) is 5.21. The third-order valence-electron chi connectivity index (χ3n) is 3.36. The molecule has 1 aromatic heterocycles. The van der Waals surface area contributed by atoms with Crippen molar-refractivity contribution < 1.29 is 28.2 Å². The van der Waals surface area contributed by atoms with Crippen LogP contribution in [0.1, 0.15) is 39.2 Å². The van der Waals surface area contributed by atoms with Gasteiger partial charge in [0.15, 0.2) is 6.61 Å². The van der Waals surface area contributed by atoms with Gasteiger partial charge in [-0.3, -0.25) is 4.79 Å². The summed E-state index contributed by atoms with van der Waals surface area (Å²) in [5.41, 5.74) is 1.09. The quantitative estimate of drug-likeness (QED) is 0.801. The smallest absolute Gasteiger partial charge is 0.335 e. The number of alkyl halides is 2. The molecule has 2 N–H and O–H groups in total. The highest BCUT2D eigenvalue weighted by Gasteiger charge is 2.14. The SMILES string of the molecule is C[C@@H](NC(=O)c1ccnc(OCC(F)F)c1)c1ccc(C(=O)O)cc1. The Bertz CT molecular complexity index is 751. The monoisotopic (exact) mass is 350 g/mol. The van der Waals surface area contributed by atoms with Gasteiger partial charge in [-0.05, 0) is 30.7 Å². The summed E-state index contributed by atoms with van der Waals surface area (Å²) in [4.78, 5) is 26.9. The molecule has 8 heteroatoms. The highest BCUT2D eigenvalue weighted by atomic mass is 19.3. The fraction of sp³-hybridized carbons (Fsp3) is 0.235. The van der Waals surface area contributed by atoms with Crippen molar-refractivity contribution in [3.05, 3.63) is 59.3 Å². The zero-order chi connectivity index (χ0) is 18.4. The first-order valence-electron chi connectivity index (χ1n) is 7.38. The maximum absolute atomic E-state index is 12.3. The molecule has 2 aromatic rings. The van der Waals surface area contributed by atoms with E-state index in [0.717, 1.165) is 5.56 Å². The molecule has 6 nitrogen and oxygen atoms in total. The lowest BCUT2D eigenvalue weighted by atomic mass is 10.1. The molecule has 1 amide bonds. The van der Waals surface area contributed by atoms with E-state index in [-0.39, 0.29) is 23.0 Å². The summed E-state index contributed by atoms with van der Waals surface area (Å²) in [5, 5.41) is 11.6. The Kier molecular flexibility index (Phi) is 5.99. The molecular weight excluding hydrogens is 334 g/mol. The molecule has 0 aliphatic heterocycles. The summed E-state index contributed by atoms with van der Waals surface area (Å²) < 4.78 is 29.1. The third-order valence-corrected chi connectivity index (χ3v) is 3.36. The molecule has 0 bridgehead atoms. The number of carboxylic acid groups (broad SMARTS) is 1. The molecule has 0 radical (unpaired) electrons. The largest absolute Gasteiger partial charge is 0.478 e. The Morgan fingerprint density at radius 2 is 1.88 bits per heavy atom. The molecule has 0 unspecified atom stereocenters. The van der Waals surface area contributed by atoms with Crippen LogP contribution in [0.4, 0.5) is 8.78 Å². The van der Waals surface area contributed by atoms with Crippen molar-refractivity contribution in [1.29, 1.82) is 0 Å². The Balaban J connectivity index is 2.03. The van der Waals surface area contributed by atoms with Crippen molar-refractivity contribution in [1.82, 2.24) is 10.3 Å². The average molecular weight is 350 g/mol. The van der Waals surface area contributed by atoms with Crippen molar-refractivity contribution in [2.75, 3.05) is 6.61 Å². The van der Waals surface area contributed by atoms with E-state index >= 15 is 0 Å². The summed E-state index contributed by atoms with van der Waals surface area (Å²) in [6.45, 7) is 0.938. The minimum absolute atomic E-state index is 0.0635. The molecule has 0 saturated carbocycles. The van der Waals surface area contributed by atoms with Crippen molar-refractivity contribution in [2.45, 2.75) is 19.4 Å². The Morgan fingerprint density at radius 1 is 1.20 bits per heavy atom. The summed E-state index contributed by atoms with van der Waals surface area (Å²) in [5.74, 6) is -1.53. The van der Waals surface area contributed by atoms with Gasteiger partial charge in [0.1, 0.15) is 0 Å². The molecule has 0 aliphatic carbocycles. The molecule has 132 valence electrons. The number of nitrogens with one attached hydrogen (secondary N) is 1. The van der Waals surface area contributed by atoms with E-state index in [9.17, 15) is 18.4 Å². The minimum Gasteiger partial charge on any atom is -0.478 e. The van der Waals surface area contributed by atoms with Gasteiger partial charge in [-0.1, -0.05) is 12.1 Å². The van der Waals surface area contributed by atoms with E-state index in [1.54, 1.807) is 19.1 Å². The number of carbonyl (C=O) groups excluding carboxylic acids is 1. The molecule has 1 heterocycles. The van der Waals surface area contributed by atoms with Gasteiger partial charge in [0.05, 0.1) is 11.6 Å². The molecule has 0 aliphatic rings. The summed E-state index contributed by atoms with van der Waals surface area (Å²) in [7, 11) is 0. The van der Waals surface area contributed by atoms with Crippen molar-refractivity contribution >= 4 is 11.9 Å². The molecule has 2 rings (SSSR count). The van der Waals surface area contributed by atoms with Crippen LogP contribution in [0, 0.1) is 0 Å². The summed E-state index contributed by atoms with van der Waals surface area (Å²) in [6.07, 6.45) is -1.34. The number of ether oxygens (including phenoxy) is 1. The standard InChI is InChI=1S/C17H16F2N2O4/c1-10(11-2-4-12(5-3-11)17(23)24)21-16(22)13-6-7-20-15(8-13)25-9-14(18)19/h2-8,10,14H,9H2,1H3,(H,21,22)(H,23,24)/t10-/m1/s1. The van der Waals surface area contributed by atoms with Crippen LogP contribution in [-0.4, -0.2) is 35.0 Å². The number of carbonyl (C=O) groups is 2. The predicted molar refractivity (Wildman–Crippen MR) is 85.0 cm³/mol. The molecule has 0 fully saturated rings. The van der Waals surface area contributed by atoms with Crippen LogP contribution in [0.25, 0.3) is 0 Å². The predicted octanol–water partition coefficient (Wildman–Crippen LogP) is 2.91. The highest BCUT2D eigenvalue weighted by Crippen LogP contribution is 2.16. The first kappa shape index (κ1) is 18.3. The molecule has 0 spiro atoms. The highest BCUT2D eigenvalue weighted by molar-refractivity contribution is 5.94. The van der Waals surface area contributed by atoms with Gasteiger partial charge < -0.3 is 15.2 Å². The van der Waals surface area contributed by atoms with Crippen LogP contribution in [0.5, 0.6) is 5.88 Å². The molecular formula is C17H16F2N2O4. The van der Waals surface area contributed by atoms with Gasteiger partial charge in [0, 0.05) is 17.8 Å². The lowest BCUT2D eigenvalue weighted by Gasteiger charge is -2.15. The zero-order valence-corrected chi connectivity index (χ0v) is 13.3. The third kappa shape index (κ3) is 5.23. The van der Waals surface area contributed by atoms with Gasteiger partial charge in [0.2, 0.25) is 5.88 Å². The molecule has 1 atom stereocenters. The van der Waals surface area contributed by atoms with E-state index in [1.807, 2.05) is 0 Å². The van der Waals surface area contributed by atoms with Gasteiger partial charge >= 0.3 is 5.97 Å². The maximum Gasteiger partial charge on any atom is 0.335 e. The van der Waals surface area contributed by atoms with E-state index in [0.29, 0.717) is 0 Å². The Morgan fingerprint density at radius 3 is 2.48 bits per heavy atom. The maximum atomic E-state index is 12.3. The zero-order valence-electron chi connectivity index (χ0n) is 13.3. The second-order valence-electron chi connectivity index (χ2n) is 5.21. The molecule has 1 aromatic carbocycles. The number of hydrogen-bond acceptors (Lipinski definition) is 4. The number of benzene rings is 1.